The van der Waals surface area contributed by atoms with Gasteiger partial charge in [0.25, 0.3) is 0 Å². The van der Waals surface area contributed by atoms with E-state index in [1.165, 1.54) is 0 Å². The lowest BCUT2D eigenvalue weighted by molar-refractivity contribution is 0.0442. The van der Waals surface area contributed by atoms with Crippen molar-refractivity contribution in [3.63, 3.8) is 0 Å². The van der Waals surface area contributed by atoms with E-state index in [-0.39, 0.29) is 18.9 Å². The highest BCUT2D eigenvalue weighted by Gasteiger charge is 2.19. The maximum atomic E-state index is 12.2. The van der Waals surface area contributed by atoms with Gasteiger partial charge in [-0.05, 0) is 50.2 Å². The third kappa shape index (κ3) is 4.88. The number of aromatic nitrogens is 1. The fourth-order valence-electron chi connectivity index (χ4n) is 2.45. The highest BCUT2D eigenvalue weighted by molar-refractivity contribution is 5.88. The molecule has 0 spiro atoms. The van der Waals surface area contributed by atoms with Gasteiger partial charge in [-0.15, -0.1) is 0 Å². The van der Waals surface area contributed by atoms with Crippen molar-refractivity contribution in [2.75, 3.05) is 19.8 Å². The van der Waals surface area contributed by atoms with Gasteiger partial charge in [0.15, 0.2) is 5.69 Å². The van der Waals surface area contributed by atoms with E-state index in [1.54, 1.807) is 19.1 Å². The molecule has 6 nitrogen and oxygen atoms in total. The standard InChI is InChI=1S/C21H21NO5/c1-3-24-17-9-11-18(12-10-17)25-13-14-26-21(23)19-15(2)27-20(22-19)16-7-5-4-6-8-16/h4-12H,3,13-14H2,1-2H3. The SMILES string of the molecule is CCOc1ccc(OCCOC(=O)c2nc(-c3ccccc3)oc2C)cc1. The largest absolute Gasteiger partial charge is 0.494 e. The molecule has 0 bridgehead atoms. The molecule has 1 aromatic heterocycles. The number of rotatable bonds is 8. The number of esters is 1. The van der Waals surface area contributed by atoms with Crippen LogP contribution in [0.15, 0.2) is 59.0 Å². The molecule has 1 heterocycles. The van der Waals surface area contributed by atoms with E-state index < -0.39 is 5.97 Å². The number of aryl methyl sites for hydroxylation is 1. The lowest BCUT2D eigenvalue weighted by atomic mass is 10.2. The zero-order valence-corrected chi connectivity index (χ0v) is 15.3. The van der Waals surface area contributed by atoms with Crippen LogP contribution in [0, 0.1) is 6.92 Å². The van der Waals surface area contributed by atoms with Gasteiger partial charge in [-0.3, -0.25) is 0 Å². The summed E-state index contributed by atoms with van der Waals surface area (Å²) in [5.41, 5.74) is 0.980. The summed E-state index contributed by atoms with van der Waals surface area (Å²) in [5, 5.41) is 0. The van der Waals surface area contributed by atoms with E-state index in [9.17, 15) is 4.79 Å². The summed E-state index contributed by atoms with van der Waals surface area (Å²) in [7, 11) is 0. The molecule has 0 unspecified atom stereocenters. The quantitative estimate of drug-likeness (QED) is 0.437. The zero-order valence-electron chi connectivity index (χ0n) is 15.3. The summed E-state index contributed by atoms with van der Waals surface area (Å²) >= 11 is 0. The second-order valence-corrected chi connectivity index (χ2v) is 5.68. The maximum absolute atomic E-state index is 12.2. The van der Waals surface area contributed by atoms with Crippen LogP contribution >= 0.6 is 0 Å². The molecule has 0 saturated heterocycles. The molecule has 27 heavy (non-hydrogen) atoms. The van der Waals surface area contributed by atoms with E-state index in [2.05, 4.69) is 4.98 Å². The number of hydrogen-bond donors (Lipinski definition) is 0. The second-order valence-electron chi connectivity index (χ2n) is 5.68. The number of ether oxygens (including phenoxy) is 3. The summed E-state index contributed by atoms with van der Waals surface area (Å²) in [6.07, 6.45) is 0. The van der Waals surface area contributed by atoms with Gasteiger partial charge in [-0.2, -0.15) is 0 Å². The molecule has 140 valence electrons. The van der Waals surface area contributed by atoms with E-state index in [1.807, 2.05) is 49.4 Å². The average molecular weight is 367 g/mol. The van der Waals surface area contributed by atoms with Gasteiger partial charge in [0.05, 0.1) is 6.61 Å². The van der Waals surface area contributed by atoms with Gasteiger partial charge in [0.2, 0.25) is 5.89 Å². The number of nitrogens with zero attached hydrogens (tertiary/aromatic N) is 1. The van der Waals surface area contributed by atoms with Crippen molar-refractivity contribution in [2.24, 2.45) is 0 Å². The molecule has 0 N–H and O–H groups in total. The highest BCUT2D eigenvalue weighted by atomic mass is 16.6. The van der Waals surface area contributed by atoms with Gasteiger partial charge in [-0.25, -0.2) is 9.78 Å². The summed E-state index contributed by atoms with van der Waals surface area (Å²) in [6, 6.07) is 16.7. The van der Waals surface area contributed by atoms with Crippen molar-refractivity contribution in [3.05, 3.63) is 66.1 Å². The van der Waals surface area contributed by atoms with Gasteiger partial charge >= 0.3 is 5.97 Å². The molecule has 0 atom stereocenters. The van der Waals surface area contributed by atoms with Crippen LogP contribution < -0.4 is 9.47 Å². The van der Waals surface area contributed by atoms with Gasteiger partial charge < -0.3 is 18.6 Å². The molecule has 3 aromatic rings. The molecule has 0 aliphatic carbocycles. The Bertz CT molecular complexity index is 871. The molecule has 0 amide bonds. The van der Waals surface area contributed by atoms with Crippen LogP contribution in [0.3, 0.4) is 0 Å². The number of hydrogen-bond acceptors (Lipinski definition) is 6. The first-order chi connectivity index (χ1) is 13.2. The fourth-order valence-corrected chi connectivity index (χ4v) is 2.45. The minimum Gasteiger partial charge on any atom is -0.494 e. The molecular formula is C21H21NO5. The number of carbonyl (C=O) groups is 1. The predicted molar refractivity (Wildman–Crippen MR) is 100 cm³/mol. The molecule has 3 rings (SSSR count). The summed E-state index contributed by atoms with van der Waals surface area (Å²) in [4.78, 5) is 16.5. The Morgan fingerprint density at radius 3 is 2.30 bits per heavy atom. The van der Waals surface area contributed by atoms with Crippen molar-refractivity contribution in [1.82, 2.24) is 4.98 Å². The van der Waals surface area contributed by atoms with Crippen molar-refractivity contribution >= 4 is 5.97 Å². The van der Waals surface area contributed by atoms with Crippen LogP contribution in [0.4, 0.5) is 0 Å². The summed E-state index contributed by atoms with van der Waals surface area (Å²) in [5.74, 6) is 1.75. The number of benzene rings is 2. The Balaban J connectivity index is 1.50. The Kier molecular flexibility index (Phi) is 6.10. The van der Waals surface area contributed by atoms with Crippen LogP contribution in [-0.4, -0.2) is 30.8 Å². The molecule has 0 aliphatic heterocycles. The fraction of sp³-hybridized carbons (Fsp3) is 0.238. The molecule has 0 fully saturated rings. The number of oxazole rings is 1. The number of carbonyl (C=O) groups excluding carboxylic acids is 1. The first-order valence-corrected chi connectivity index (χ1v) is 8.73. The minimum absolute atomic E-state index is 0.110. The van der Waals surface area contributed by atoms with E-state index in [0.717, 1.165) is 11.3 Å². The van der Waals surface area contributed by atoms with Crippen LogP contribution in [0.2, 0.25) is 0 Å². The third-order valence-corrected chi connectivity index (χ3v) is 3.73. The first-order valence-electron chi connectivity index (χ1n) is 8.73. The average Bonchev–Trinajstić information content (AvgIpc) is 3.09. The van der Waals surface area contributed by atoms with Crippen molar-refractivity contribution in [3.8, 4) is 23.0 Å². The minimum atomic E-state index is -0.534. The Hall–Kier alpha value is -3.28. The molecule has 2 aromatic carbocycles. The first kappa shape index (κ1) is 18.5. The lowest BCUT2D eigenvalue weighted by Gasteiger charge is -2.08. The van der Waals surface area contributed by atoms with Gasteiger partial charge in [0.1, 0.15) is 30.5 Å². The highest BCUT2D eigenvalue weighted by Crippen LogP contribution is 2.22. The normalized spacial score (nSPS) is 10.4. The molecule has 6 heteroatoms. The Morgan fingerprint density at radius 2 is 1.63 bits per heavy atom. The van der Waals surface area contributed by atoms with Crippen LogP contribution in [-0.2, 0) is 4.74 Å². The summed E-state index contributed by atoms with van der Waals surface area (Å²) in [6.45, 7) is 4.58. The van der Waals surface area contributed by atoms with Gasteiger partial charge in [-0.1, -0.05) is 18.2 Å². The van der Waals surface area contributed by atoms with Crippen LogP contribution in [0.1, 0.15) is 23.2 Å². The van der Waals surface area contributed by atoms with Crippen molar-refractivity contribution in [1.29, 1.82) is 0 Å². The Morgan fingerprint density at radius 1 is 0.963 bits per heavy atom. The van der Waals surface area contributed by atoms with E-state index in [0.29, 0.717) is 24.0 Å². The maximum Gasteiger partial charge on any atom is 0.360 e. The second kappa shape index (κ2) is 8.89. The molecule has 0 radical (unpaired) electrons. The van der Waals surface area contributed by atoms with Gasteiger partial charge in [0, 0.05) is 5.56 Å². The van der Waals surface area contributed by atoms with Crippen LogP contribution in [0.25, 0.3) is 11.5 Å². The zero-order chi connectivity index (χ0) is 19.1. The van der Waals surface area contributed by atoms with E-state index in [4.69, 9.17) is 18.6 Å². The van der Waals surface area contributed by atoms with Crippen molar-refractivity contribution in [2.45, 2.75) is 13.8 Å². The van der Waals surface area contributed by atoms with Crippen LogP contribution in [0.5, 0.6) is 11.5 Å². The smallest absolute Gasteiger partial charge is 0.360 e. The lowest BCUT2D eigenvalue weighted by Crippen LogP contribution is -2.13. The monoisotopic (exact) mass is 367 g/mol. The molecular weight excluding hydrogens is 346 g/mol. The third-order valence-electron chi connectivity index (χ3n) is 3.73. The topological polar surface area (TPSA) is 70.8 Å². The van der Waals surface area contributed by atoms with Crippen molar-refractivity contribution < 1.29 is 23.4 Å². The Labute approximate surface area is 157 Å². The summed E-state index contributed by atoms with van der Waals surface area (Å²) < 4.78 is 21.7. The molecule has 0 saturated carbocycles. The molecule has 0 aliphatic rings. The predicted octanol–water partition coefficient (Wildman–Crippen LogP) is 4.28. The van der Waals surface area contributed by atoms with E-state index >= 15 is 0 Å².